The van der Waals surface area contributed by atoms with E-state index in [1.807, 2.05) is 31.2 Å². The van der Waals surface area contributed by atoms with Crippen LogP contribution in [0.25, 0.3) is 0 Å². The molecule has 0 fully saturated rings. The van der Waals surface area contributed by atoms with Crippen molar-refractivity contribution in [1.82, 2.24) is 0 Å². The van der Waals surface area contributed by atoms with E-state index in [0.29, 0.717) is 12.2 Å². The van der Waals surface area contributed by atoms with Crippen LogP contribution in [0.2, 0.25) is 0 Å². The molecule has 0 aliphatic heterocycles. The average Bonchev–Trinajstić information content (AvgIpc) is 2.68. The van der Waals surface area contributed by atoms with Crippen LogP contribution in [-0.4, -0.2) is 24.9 Å². The molecule has 1 aliphatic rings. The molecule has 0 amide bonds. The summed E-state index contributed by atoms with van der Waals surface area (Å²) in [5, 5.41) is 0. The van der Waals surface area contributed by atoms with Gasteiger partial charge in [0.25, 0.3) is 10.1 Å². The number of carbonyl (C=O) groups is 2. The number of ether oxygens (including phenoxy) is 2. The fraction of sp³-hybridized carbons (Fsp3) is 0.238. The van der Waals surface area contributed by atoms with E-state index in [0.717, 1.165) is 10.7 Å². The molecule has 0 saturated carbocycles. The number of benzene rings is 2. The smallest absolute Gasteiger partial charge is 0.315 e. The highest BCUT2D eigenvalue weighted by Crippen LogP contribution is 2.36. The van der Waals surface area contributed by atoms with Crippen molar-refractivity contribution in [2.75, 3.05) is 0 Å². The summed E-state index contributed by atoms with van der Waals surface area (Å²) in [6.07, 6.45) is 4.03. The van der Waals surface area contributed by atoms with Crippen molar-refractivity contribution in [3.8, 4) is 11.5 Å². The van der Waals surface area contributed by atoms with Crippen molar-refractivity contribution in [2.24, 2.45) is 17.8 Å². The van der Waals surface area contributed by atoms with E-state index in [-0.39, 0.29) is 23.7 Å². The van der Waals surface area contributed by atoms with Crippen molar-refractivity contribution in [3.05, 3.63) is 54.3 Å². The zero-order chi connectivity index (χ0) is 25.4. The molecule has 0 spiro atoms. The molecular formula is C21H15I5O7S. The first-order chi connectivity index (χ1) is 15.8. The molecule has 3 rings (SSSR count). The Hall–Kier alpha value is 0.680. The van der Waals surface area contributed by atoms with E-state index < -0.39 is 33.9 Å². The van der Waals surface area contributed by atoms with Gasteiger partial charge in [0, 0.05) is 10.7 Å². The van der Waals surface area contributed by atoms with Crippen molar-refractivity contribution >= 4 is 135 Å². The quantitative estimate of drug-likeness (QED) is 0.123. The fourth-order valence-electron chi connectivity index (χ4n) is 3.52. The van der Waals surface area contributed by atoms with E-state index in [2.05, 4.69) is 67.8 Å². The Morgan fingerprint density at radius 2 is 1.47 bits per heavy atom. The predicted molar refractivity (Wildman–Crippen MR) is 167 cm³/mol. The minimum Gasteiger partial charge on any atom is -0.426 e. The lowest BCUT2D eigenvalue weighted by Gasteiger charge is -2.30. The summed E-state index contributed by atoms with van der Waals surface area (Å²) in [6, 6.07) is 6.52. The summed E-state index contributed by atoms with van der Waals surface area (Å²) in [5.41, 5.74) is 0. The van der Waals surface area contributed by atoms with Gasteiger partial charge in [0.05, 0.1) is 19.0 Å². The number of carbonyl (C=O) groups excluding carboxylic acids is 2. The van der Waals surface area contributed by atoms with Crippen molar-refractivity contribution < 1.29 is 32.0 Å². The van der Waals surface area contributed by atoms with Gasteiger partial charge in [-0.25, -0.2) is 0 Å². The molecule has 3 unspecified atom stereocenters. The number of allylic oxidation sites excluding steroid dienone is 2. The molecule has 0 radical (unpaired) electrons. The van der Waals surface area contributed by atoms with Crippen LogP contribution in [0, 0.1) is 35.6 Å². The number of hydrogen-bond acceptors (Lipinski definition) is 6. The largest absolute Gasteiger partial charge is 0.426 e. The normalized spacial score (nSPS) is 20.1. The molecule has 7 nitrogen and oxygen atoms in total. The molecule has 1 aliphatic carbocycles. The SMILES string of the molecule is CC1C=CCC(C(=O)Oc2cc(I)c(S(=O)(=O)O)c(I)c2)C1C(=O)Oc1c(I)cc(I)cc1I. The molecule has 2 aromatic rings. The van der Waals surface area contributed by atoms with Gasteiger partial charge < -0.3 is 9.47 Å². The van der Waals surface area contributed by atoms with E-state index >= 15 is 0 Å². The van der Waals surface area contributed by atoms with E-state index in [1.165, 1.54) is 12.1 Å². The number of hydrogen-bond donors (Lipinski definition) is 1. The van der Waals surface area contributed by atoms with Crippen LogP contribution in [0.15, 0.2) is 41.3 Å². The molecule has 182 valence electrons. The molecule has 0 saturated heterocycles. The molecular weight excluding hydrogens is 1030 g/mol. The van der Waals surface area contributed by atoms with E-state index in [4.69, 9.17) is 9.47 Å². The van der Waals surface area contributed by atoms with Crippen LogP contribution < -0.4 is 9.47 Å². The topological polar surface area (TPSA) is 107 Å². The molecule has 0 aromatic heterocycles. The zero-order valence-electron chi connectivity index (χ0n) is 17.1. The maximum absolute atomic E-state index is 13.2. The lowest BCUT2D eigenvalue weighted by atomic mass is 9.76. The van der Waals surface area contributed by atoms with Crippen LogP contribution >= 0.6 is 113 Å². The maximum atomic E-state index is 13.2. The third-order valence-electron chi connectivity index (χ3n) is 5.02. The summed E-state index contributed by atoms with van der Waals surface area (Å²) < 4.78 is 47.0. The zero-order valence-corrected chi connectivity index (χ0v) is 28.7. The van der Waals surface area contributed by atoms with Gasteiger partial charge in [-0.05, 0) is 150 Å². The van der Waals surface area contributed by atoms with Crippen LogP contribution in [0.1, 0.15) is 13.3 Å². The lowest BCUT2D eigenvalue weighted by molar-refractivity contribution is -0.152. The van der Waals surface area contributed by atoms with Crippen LogP contribution in [0.4, 0.5) is 0 Å². The lowest BCUT2D eigenvalue weighted by Crippen LogP contribution is -2.40. The Balaban J connectivity index is 1.86. The van der Waals surface area contributed by atoms with Gasteiger partial charge in [0.15, 0.2) is 5.75 Å². The van der Waals surface area contributed by atoms with Gasteiger partial charge in [-0.1, -0.05) is 19.1 Å². The molecule has 0 bridgehead atoms. The van der Waals surface area contributed by atoms with Crippen molar-refractivity contribution in [2.45, 2.75) is 18.2 Å². The third kappa shape index (κ3) is 6.95. The van der Waals surface area contributed by atoms with Gasteiger partial charge >= 0.3 is 11.9 Å². The summed E-state index contributed by atoms with van der Waals surface area (Å²) in [5.74, 6) is -2.31. The minimum atomic E-state index is -4.42. The standard InChI is InChI=1S/C21H15I5O7S/c1-9-3-2-4-12(17(9)21(28)33-18-13(23)5-10(22)6-14(18)24)20(27)32-11-7-15(25)19(16(26)8-11)34(29,30)31/h2-3,5-9,12,17H,4H2,1H3,(H,29,30,31). The predicted octanol–water partition coefficient (Wildman–Crippen LogP) is 6.30. The number of esters is 2. The Bertz CT molecular complexity index is 1250. The van der Waals surface area contributed by atoms with Crippen LogP contribution in [0.5, 0.6) is 11.5 Å². The molecule has 0 heterocycles. The van der Waals surface area contributed by atoms with Gasteiger partial charge in [-0.15, -0.1) is 0 Å². The van der Waals surface area contributed by atoms with Gasteiger partial charge in [0.1, 0.15) is 10.6 Å². The fourth-order valence-corrected chi connectivity index (χ4v) is 11.3. The van der Waals surface area contributed by atoms with Crippen LogP contribution in [0.3, 0.4) is 0 Å². The van der Waals surface area contributed by atoms with Gasteiger partial charge in [-0.3, -0.25) is 14.1 Å². The summed E-state index contributed by atoms with van der Waals surface area (Å²) in [7, 11) is -4.42. The van der Waals surface area contributed by atoms with Gasteiger partial charge in [-0.2, -0.15) is 8.42 Å². The first-order valence-corrected chi connectivity index (χ1v) is 16.3. The Morgan fingerprint density at radius 1 is 0.912 bits per heavy atom. The van der Waals surface area contributed by atoms with Gasteiger partial charge in [0.2, 0.25) is 0 Å². The van der Waals surface area contributed by atoms with Crippen LogP contribution in [-0.2, 0) is 19.7 Å². The molecule has 2 aromatic carbocycles. The highest BCUT2D eigenvalue weighted by Gasteiger charge is 2.41. The first kappa shape index (κ1) is 29.2. The summed E-state index contributed by atoms with van der Waals surface area (Å²) >= 11 is 9.93. The Morgan fingerprint density at radius 3 is 2.00 bits per heavy atom. The van der Waals surface area contributed by atoms with E-state index in [9.17, 15) is 22.6 Å². The number of halogens is 5. The summed E-state index contributed by atoms with van der Waals surface area (Å²) in [6.45, 7) is 1.85. The Labute approximate surface area is 265 Å². The average molecular weight is 1050 g/mol. The van der Waals surface area contributed by atoms with Crippen molar-refractivity contribution in [1.29, 1.82) is 0 Å². The second kappa shape index (κ2) is 12.0. The number of rotatable bonds is 5. The first-order valence-electron chi connectivity index (χ1n) is 9.50. The third-order valence-corrected chi connectivity index (χ3v) is 10.6. The van der Waals surface area contributed by atoms with Crippen molar-refractivity contribution in [3.63, 3.8) is 0 Å². The Kier molecular flexibility index (Phi) is 10.3. The highest BCUT2D eigenvalue weighted by atomic mass is 127. The molecule has 13 heteroatoms. The molecule has 3 atom stereocenters. The maximum Gasteiger partial charge on any atom is 0.315 e. The molecule has 34 heavy (non-hydrogen) atoms. The second-order valence-electron chi connectivity index (χ2n) is 7.39. The highest BCUT2D eigenvalue weighted by molar-refractivity contribution is 14.1. The van der Waals surface area contributed by atoms with E-state index in [1.54, 1.807) is 45.2 Å². The molecule has 1 N–H and O–H groups in total. The second-order valence-corrected chi connectivity index (χ2v) is 14.6. The summed E-state index contributed by atoms with van der Waals surface area (Å²) in [4.78, 5) is 26.1. The minimum absolute atomic E-state index is 0.127. The monoisotopic (exact) mass is 1050 g/mol.